The molecule has 23 heavy (non-hydrogen) atoms. The Morgan fingerprint density at radius 3 is 2.83 bits per heavy atom. The van der Waals surface area contributed by atoms with Crippen LogP contribution >= 0.6 is 0 Å². The average Bonchev–Trinajstić information content (AvgIpc) is 2.58. The zero-order valence-electron chi connectivity index (χ0n) is 13.7. The monoisotopic (exact) mass is 319 g/mol. The largest absolute Gasteiger partial charge is 0.497 e. The first-order valence-corrected chi connectivity index (χ1v) is 8.03. The minimum Gasteiger partial charge on any atom is -0.497 e. The van der Waals surface area contributed by atoms with Crippen LogP contribution in [0, 0.1) is 5.92 Å². The SMILES string of the molecule is COc1cccc(C(=O)NCCNC(=O)[C@H]2CCN[C@@H](C)C2)c1. The van der Waals surface area contributed by atoms with Crippen molar-refractivity contribution in [2.24, 2.45) is 5.92 Å². The van der Waals surface area contributed by atoms with Crippen LogP contribution in [0.15, 0.2) is 24.3 Å². The highest BCUT2D eigenvalue weighted by atomic mass is 16.5. The number of methoxy groups -OCH3 is 1. The van der Waals surface area contributed by atoms with Gasteiger partial charge in [-0.3, -0.25) is 9.59 Å². The van der Waals surface area contributed by atoms with Crippen molar-refractivity contribution in [3.05, 3.63) is 29.8 Å². The van der Waals surface area contributed by atoms with E-state index in [2.05, 4.69) is 22.9 Å². The highest BCUT2D eigenvalue weighted by Crippen LogP contribution is 2.15. The van der Waals surface area contributed by atoms with E-state index >= 15 is 0 Å². The Bertz CT molecular complexity index is 548. The molecule has 0 bridgehead atoms. The van der Waals surface area contributed by atoms with Gasteiger partial charge in [-0.15, -0.1) is 0 Å². The fraction of sp³-hybridized carbons (Fsp3) is 0.529. The molecule has 1 aromatic rings. The lowest BCUT2D eigenvalue weighted by Crippen LogP contribution is -2.44. The molecule has 1 heterocycles. The van der Waals surface area contributed by atoms with E-state index in [1.165, 1.54) is 0 Å². The molecule has 0 aliphatic carbocycles. The number of amides is 2. The molecule has 2 rings (SSSR count). The van der Waals surface area contributed by atoms with Gasteiger partial charge in [-0.25, -0.2) is 0 Å². The van der Waals surface area contributed by atoms with Gasteiger partial charge in [0.1, 0.15) is 5.75 Å². The lowest BCUT2D eigenvalue weighted by atomic mass is 9.92. The topological polar surface area (TPSA) is 79.5 Å². The number of nitrogens with one attached hydrogen (secondary N) is 3. The van der Waals surface area contributed by atoms with Crippen LogP contribution in [-0.4, -0.2) is 44.6 Å². The number of carbonyl (C=O) groups excluding carboxylic acids is 2. The predicted molar refractivity (Wildman–Crippen MR) is 88.5 cm³/mol. The van der Waals surface area contributed by atoms with Gasteiger partial charge in [0.25, 0.3) is 5.91 Å². The molecule has 6 nitrogen and oxygen atoms in total. The summed E-state index contributed by atoms with van der Waals surface area (Å²) in [6.45, 7) is 3.81. The fourth-order valence-electron chi connectivity index (χ4n) is 2.74. The molecule has 0 saturated carbocycles. The van der Waals surface area contributed by atoms with Gasteiger partial charge in [0.05, 0.1) is 7.11 Å². The summed E-state index contributed by atoms with van der Waals surface area (Å²) < 4.78 is 5.10. The minimum atomic E-state index is -0.173. The summed E-state index contributed by atoms with van der Waals surface area (Å²) in [5.74, 6) is 0.619. The van der Waals surface area contributed by atoms with Gasteiger partial charge in [0.2, 0.25) is 5.91 Å². The van der Waals surface area contributed by atoms with Crippen LogP contribution in [0.25, 0.3) is 0 Å². The smallest absolute Gasteiger partial charge is 0.251 e. The fourth-order valence-corrected chi connectivity index (χ4v) is 2.74. The average molecular weight is 319 g/mol. The van der Waals surface area contributed by atoms with E-state index in [1.54, 1.807) is 31.4 Å². The summed E-state index contributed by atoms with van der Waals surface area (Å²) in [5.41, 5.74) is 0.544. The van der Waals surface area contributed by atoms with E-state index in [0.29, 0.717) is 30.4 Å². The standard InChI is InChI=1S/C17H25N3O3/c1-12-10-14(6-7-18-12)17(22)20-9-8-19-16(21)13-4-3-5-15(11-13)23-2/h3-5,11-12,14,18H,6-10H2,1-2H3,(H,19,21)(H,20,22)/t12-,14-/m0/s1. The Morgan fingerprint density at radius 1 is 1.30 bits per heavy atom. The van der Waals surface area contributed by atoms with Crippen molar-refractivity contribution in [1.29, 1.82) is 0 Å². The third-order valence-corrected chi connectivity index (χ3v) is 4.04. The van der Waals surface area contributed by atoms with E-state index in [1.807, 2.05) is 0 Å². The molecule has 1 aliphatic rings. The van der Waals surface area contributed by atoms with Crippen molar-refractivity contribution in [1.82, 2.24) is 16.0 Å². The lowest BCUT2D eigenvalue weighted by molar-refractivity contribution is -0.126. The Balaban J connectivity index is 1.70. The molecule has 1 fully saturated rings. The van der Waals surface area contributed by atoms with E-state index in [4.69, 9.17) is 4.74 Å². The first kappa shape index (κ1) is 17.3. The molecule has 126 valence electrons. The normalized spacial score (nSPS) is 20.6. The van der Waals surface area contributed by atoms with Crippen molar-refractivity contribution in [3.8, 4) is 5.75 Å². The summed E-state index contributed by atoms with van der Waals surface area (Å²) in [5, 5.41) is 9.02. The van der Waals surface area contributed by atoms with Gasteiger partial charge in [-0.2, -0.15) is 0 Å². The number of ether oxygens (including phenoxy) is 1. The zero-order valence-corrected chi connectivity index (χ0v) is 13.7. The van der Waals surface area contributed by atoms with Gasteiger partial charge >= 0.3 is 0 Å². The number of piperidine rings is 1. The molecule has 0 aromatic heterocycles. The van der Waals surface area contributed by atoms with Crippen molar-refractivity contribution in [3.63, 3.8) is 0 Å². The van der Waals surface area contributed by atoms with E-state index in [0.717, 1.165) is 19.4 Å². The third-order valence-electron chi connectivity index (χ3n) is 4.04. The number of rotatable bonds is 6. The molecule has 1 saturated heterocycles. The first-order chi connectivity index (χ1) is 11.1. The Hall–Kier alpha value is -2.08. The van der Waals surface area contributed by atoms with E-state index in [9.17, 15) is 9.59 Å². The van der Waals surface area contributed by atoms with Gasteiger partial charge < -0.3 is 20.7 Å². The molecule has 2 amide bonds. The van der Waals surface area contributed by atoms with Gasteiger partial charge in [-0.05, 0) is 44.5 Å². The predicted octanol–water partition coefficient (Wildman–Crippen LogP) is 0.929. The van der Waals surface area contributed by atoms with Crippen LogP contribution in [0.3, 0.4) is 0 Å². The first-order valence-electron chi connectivity index (χ1n) is 8.03. The molecular formula is C17H25N3O3. The number of hydrogen-bond acceptors (Lipinski definition) is 4. The molecule has 0 radical (unpaired) electrons. The molecule has 0 unspecified atom stereocenters. The number of carbonyl (C=O) groups is 2. The number of hydrogen-bond donors (Lipinski definition) is 3. The van der Waals surface area contributed by atoms with Gasteiger partial charge in [-0.1, -0.05) is 6.07 Å². The molecule has 3 N–H and O–H groups in total. The second-order valence-corrected chi connectivity index (χ2v) is 5.86. The Morgan fingerprint density at radius 2 is 2.09 bits per heavy atom. The minimum absolute atomic E-state index is 0.0698. The molecule has 1 aliphatic heterocycles. The molecule has 2 atom stereocenters. The Labute approximate surface area is 137 Å². The Kier molecular flexibility index (Phi) is 6.40. The van der Waals surface area contributed by atoms with Crippen LogP contribution in [0.5, 0.6) is 5.75 Å². The quantitative estimate of drug-likeness (QED) is 0.682. The van der Waals surface area contributed by atoms with Crippen molar-refractivity contribution in [2.45, 2.75) is 25.8 Å². The lowest BCUT2D eigenvalue weighted by Gasteiger charge is -2.27. The zero-order chi connectivity index (χ0) is 16.7. The highest BCUT2D eigenvalue weighted by molar-refractivity contribution is 5.94. The third kappa shape index (κ3) is 5.25. The molecular weight excluding hydrogens is 294 g/mol. The highest BCUT2D eigenvalue weighted by Gasteiger charge is 2.24. The maximum Gasteiger partial charge on any atom is 0.251 e. The van der Waals surface area contributed by atoms with Crippen molar-refractivity contribution in [2.75, 3.05) is 26.7 Å². The molecule has 1 aromatic carbocycles. The summed E-state index contributed by atoms with van der Waals surface area (Å²) in [4.78, 5) is 24.1. The van der Waals surface area contributed by atoms with E-state index in [-0.39, 0.29) is 17.7 Å². The van der Waals surface area contributed by atoms with Crippen LogP contribution in [-0.2, 0) is 4.79 Å². The van der Waals surface area contributed by atoms with Gasteiger partial charge in [0, 0.05) is 30.6 Å². The van der Waals surface area contributed by atoms with Crippen LogP contribution in [0.2, 0.25) is 0 Å². The molecule has 6 heteroatoms. The second-order valence-electron chi connectivity index (χ2n) is 5.86. The maximum absolute atomic E-state index is 12.1. The van der Waals surface area contributed by atoms with Crippen LogP contribution < -0.4 is 20.7 Å². The van der Waals surface area contributed by atoms with E-state index < -0.39 is 0 Å². The van der Waals surface area contributed by atoms with Gasteiger partial charge in [0.15, 0.2) is 0 Å². The second kappa shape index (κ2) is 8.53. The number of benzene rings is 1. The summed E-state index contributed by atoms with van der Waals surface area (Å²) in [6, 6.07) is 7.36. The van der Waals surface area contributed by atoms with Crippen LogP contribution in [0.1, 0.15) is 30.1 Å². The van der Waals surface area contributed by atoms with Crippen molar-refractivity contribution < 1.29 is 14.3 Å². The summed E-state index contributed by atoms with van der Waals surface area (Å²) in [6.07, 6.45) is 1.73. The van der Waals surface area contributed by atoms with Crippen LogP contribution in [0.4, 0.5) is 0 Å². The molecule has 0 spiro atoms. The maximum atomic E-state index is 12.1. The summed E-state index contributed by atoms with van der Waals surface area (Å²) >= 11 is 0. The summed E-state index contributed by atoms with van der Waals surface area (Å²) in [7, 11) is 1.56. The van der Waals surface area contributed by atoms with Crippen molar-refractivity contribution >= 4 is 11.8 Å².